The number of nitriles is 1. The molecule has 0 aliphatic carbocycles. The molecule has 0 saturated heterocycles. The first-order valence-electron chi connectivity index (χ1n) is 10.1. The summed E-state index contributed by atoms with van der Waals surface area (Å²) in [6, 6.07) is 17.0. The van der Waals surface area contributed by atoms with Gasteiger partial charge in [-0.1, -0.05) is 12.1 Å². The Morgan fingerprint density at radius 2 is 1.88 bits per heavy atom. The van der Waals surface area contributed by atoms with Crippen molar-refractivity contribution >= 4 is 22.6 Å². The van der Waals surface area contributed by atoms with Gasteiger partial charge in [-0.2, -0.15) is 5.26 Å². The van der Waals surface area contributed by atoms with E-state index >= 15 is 0 Å². The minimum Gasteiger partial charge on any atom is -0.478 e. The summed E-state index contributed by atoms with van der Waals surface area (Å²) in [5.74, 6) is -1.32. The molecule has 0 aliphatic heterocycles. The van der Waals surface area contributed by atoms with Crippen LogP contribution in [0, 0.1) is 17.1 Å². The number of fused-ring (bicyclic) bond motifs is 1. The van der Waals surface area contributed by atoms with Gasteiger partial charge in [0.2, 0.25) is 0 Å². The van der Waals surface area contributed by atoms with E-state index < -0.39 is 23.4 Å². The zero-order chi connectivity index (χ0) is 23.7. The number of nitrogens with one attached hydrogen (secondary N) is 1. The highest BCUT2D eigenvalue weighted by Crippen LogP contribution is 2.29. The fourth-order valence-corrected chi connectivity index (χ4v) is 3.75. The molecule has 8 heteroatoms. The summed E-state index contributed by atoms with van der Waals surface area (Å²) < 4.78 is 15.8. The largest absolute Gasteiger partial charge is 0.478 e. The van der Waals surface area contributed by atoms with Crippen LogP contribution in [0.3, 0.4) is 0 Å². The van der Waals surface area contributed by atoms with Gasteiger partial charge < -0.3 is 10.4 Å². The quantitative estimate of drug-likeness (QED) is 0.472. The van der Waals surface area contributed by atoms with E-state index in [1.807, 2.05) is 6.07 Å². The molecule has 0 amide bonds. The third kappa shape index (κ3) is 4.04. The second kappa shape index (κ2) is 8.55. The van der Waals surface area contributed by atoms with Gasteiger partial charge in [0.05, 0.1) is 34.1 Å². The number of para-hydroxylation sites is 1. The number of nitrogens with zero attached hydrogens (tertiary/aromatic N) is 3. The molecule has 1 aromatic heterocycles. The van der Waals surface area contributed by atoms with Crippen LogP contribution >= 0.6 is 0 Å². The monoisotopic (exact) mass is 442 g/mol. The minimum absolute atomic E-state index is 0.0761. The molecular formula is C25H19FN4O3. The van der Waals surface area contributed by atoms with Gasteiger partial charge in [-0.3, -0.25) is 9.36 Å². The Hall–Kier alpha value is -4.51. The summed E-state index contributed by atoms with van der Waals surface area (Å²) >= 11 is 0. The lowest BCUT2D eigenvalue weighted by Crippen LogP contribution is -2.22. The normalized spacial score (nSPS) is 11.7. The highest BCUT2D eigenvalue weighted by atomic mass is 19.1. The number of carbonyl (C=O) groups is 1. The number of anilines is 1. The molecule has 4 aromatic rings. The van der Waals surface area contributed by atoms with Crippen LogP contribution in [0.15, 0.2) is 65.5 Å². The van der Waals surface area contributed by atoms with E-state index in [1.165, 1.54) is 16.7 Å². The summed E-state index contributed by atoms with van der Waals surface area (Å²) in [6.07, 6.45) is 0. The maximum absolute atomic E-state index is 14.5. The maximum atomic E-state index is 14.5. The number of aromatic nitrogens is 2. The lowest BCUT2D eigenvalue weighted by Gasteiger charge is -2.20. The van der Waals surface area contributed by atoms with Crippen molar-refractivity contribution < 1.29 is 14.3 Å². The van der Waals surface area contributed by atoms with Crippen molar-refractivity contribution in [3.63, 3.8) is 0 Å². The highest BCUT2D eigenvalue weighted by molar-refractivity contribution is 5.94. The highest BCUT2D eigenvalue weighted by Gasteiger charge is 2.19. The van der Waals surface area contributed by atoms with Crippen molar-refractivity contribution in [2.24, 2.45) is 7.05 Å². The molecule has 0 fully saturated rings. The van der Waals surface area contributed by atoms with Crippen LogP contribution in [0.5, 0.6) is 0 Å². The zero-order valence-corrected chi connectivity index (χ0v) is 17.8. The summed E-state index contributed by atoms with van der Waals surface area (Å²) in [4.78, 5) is 29.3. The molecule has 7 nitrogen and oxygen atoms in total. The Morgan fingerprint density at radius 3 is 2.55 bits per heavy atom. The van der Waals surface area contributed by atoms with Crippen molar-refractivity contribution in [1.29, 1.82) is 5.26 Å². The average molecular weight is 442 g/mol. The Kier molecular flexibility index (Phi) is 5.63. The number of carboxylic acids is 1. The summed E-state index contributed by atoms with van der Waals surface area (Å²) in [7, 11) is 1.55. The number of hydrogen-bond donors (Lipinski definition) is 2. The van der Waals surface area contributed by atoms with Crippen LogP contribution in [0.1, 0.15) is 34.5 Å². The van der Waals surface area contributed by atoms with Crippen LogP contribution in [0.4, 0.5) is 10.1 Å². The van der Waals surface area contributed by atoms with Crippen molar-refractivity contribution in [1.82, 2.24) is 9.55 Å². The molecule has 4 rings (SSSR count). The van der Waals surface area contributed by atoms with E-state index in [4.69, 9.17) is 5.26 Å². The van der Waals surface area contributed by atoms with Gasteiger partial charge in [-0.05, 0) is 55.5 Å². The number of rotatable bonds is 5. The molecule has 0 saturated carbocycles. The van der Waals surface area contributed by atoms with Crippen molar-refractivity contribution in [2.75, 3.05) is 5.32 Å². The number of aromatic carboxylic acids is 1. The summed E-state index contributed by atoms with van der Waals surface area (Å²) in [5.41, 5.74) is 1.85. The van der Waals surface area contributed by atoms with Crippen molar-refractivity contribution in [3.05, 3.63) is 93.5 Å². The first-order chi connectivity index (χ1) is 15.8. The van der Waals surface area contributed by atoms with Crippen molar-refractivity contribution in [2.45, 2.75) is 13.0 Å². The van der Waals surface area contributed by atoms with Gasteiger partial charge in [0.25, 0.3) is 5.56 Å². The first-order valence-corrected chi connectivity index (χ1v) is 10.1. The van der Waals surface area contributed by atoms with Gasteiger partial charge in [-0.15, -0.1) is 0 Å². The average Bonchev–Trinajstić information content (AvgIpc) is 2.81. The van der Waals surface area contributed by atoms with Crippen LogP contribution in [-0.4, -0.2) is 20.6 Å². The van der Waals surface area contributed by atoms with Gasteiger partial charge in [0.1, 0.15) is 11.6 Å². The van der Waals surface area contributed by atoms with Crippen LogP contribution in [-0.2, 0) is 7.05 Å². The smallest absolute Gasteiger partial charge is 0.337 e. The summed E-state index contributed by atoms with van der Waals surface area (Å²) in [6.45, 7) is 1.74. The van der Waals surface area contributed by atoms with E-state index in [0.717, 1.165) is 6.07 Å². The van der Waals surface area contributed by atoms with Gasteiger partial charge >= 0.3 is 5.97 Å². The lowest BCUT2D eigenvalue weighted by atomic mass is 10.0. The Bertz CT molecular complexity index is 1490. The second-order valence-electron chi connectivity index (χ2n) is 7.60. The van der Waals surface area contributed by atoms with E-state index in [9.17, 15) is 19.1 Å². The molecule has 0 unspecified atom stereocenters. The predicted octanol–water partition coefficient (Wildman–Crippen LogP) is 4.48. The van der Waals surface area contributed by atoms with Crippen LogP contribution in [0.2, 0.25) is 0 Å². The molecule has 0 bridgehead atoms. The Morgan fingerprint density at radius 1 is 1.18 bits per heavy atom. The molecule has 164 valence electrons. The minimum atomic E-state index is -1.09. The predicted molar refractivity (Wildman–Crippen MR) is 123 cm³/mol. The molecule has 0 spiro atoms. The van der Waals surface area contributed by atoms with E-state index in [1.54, 1.807) is 56.4 Å². The third-order valence-electron chi connectivity index (χ3n) is 5.44. The number of halogens is 1. The molecule has 3 aromatic carbocycles. The first kappa shape index (κ1) is 21.7. The van der Waals surface area contributed by atoms with Gasteiger partial charge in [0, 0.05) is 23.9 Å². The molecular weight excluding hydrogens is 423 g/mol. The standard InChI is InChI=1S/C25H19FN4O3/c1-14(28-21-6-4-3-5-18(21)25(32)33)19-11-17(26)12-20-22(19)29-23(30(2)24(20)31)16-9-7-15(13-27)8-10-16/h3-12,14,28H,1-2H3,(H,32,33)/t14-/m1/s1. The van der Waals surface area contributed by atoms with Crippen LogP contribution < -0.4 is 10.9 Å². The lowest BCUT2D eigenvalue weighted by molar-refractivity contribution is 0.0698. The van der Waals surface area contributed by atoms with E-state index in [-0.39, 0.29) is 10.9 Å². The summed E-state index contributed by atoms with van der Waals surface area (Å²) in [5, 5.41) is 21.7. The van der Waals surface area contributed by atoms with Gasteiger partial charge in [0.15, 0.2) is 0 Å². The molecule has 1 atom stereocenters. The Labute approximate surface area is 188 Å². The molecule has 33 heavy (non-hydrogen) atoms. The van der Waals surface area contributed by atoms with E-state index in [0.29, 0.717) is 33.7 Å². The number of benzene rings is 3. The molecule has 1 heterocycles. The zero-order valence-electron chi connectivity index (χ0n) is 17.8. The Balaban J connectivity index is 1.88. The fourth-order valence-electron chi connectivity index (χ4n) is 3.75. The fraction of sp³-hybridized carbons (Fsp3) is 0.120. The second-order valence-corrected chi connectivity index (χ2v) is 7.60. The number of carboxylic acid groups (broad SMARTS) is 1. The van der Waals surface area contributed by atoms with Crippen LogP contribution in [0.25, 0.3) is 22.3 Å². The van der Waals surface area contributed by atoms with Gasteiger partial charge in [-0.25, -0.2) is 14.2 Å². The topological polar surface area (TPSA) is 108 Å². The third-order valence-corrected chi connectivity index (χ3v) is 5.44. The number of hydrogen-bond acceptors (Lipinski definition) is 5. The molecule has 0 aliphatic rings. The SMILES string of the molecule is C[C@@H](Nc1ccccc1C(=O)O)c1cc(F)cc2c(=O)n(C)c(-c3ccc(C#N)cc3)nc12. The van der Waals surface area contributed by atoms with E-state index in [2.05, 4.69) is 10.3 Å². The van der Waals surface area contributed by atoms with Crippen molar-refractivity contribution in [3.8, 4) is 17.5 Å². The maximum Gasteiger partial charge on any atom is 0.337 e. The molecule has 0 radical (unpaired) electrons. The molecule has 2 N–H and O–H groups in total.